The Labute approximate surface area is 196 Å². The van der Waals surface area contributed by atoms with Crippen molar-refractivity contribution in [2.45, 2.75) is 38.8 Å². The summed E-state index contributed by atoms with van der Waals surface area (Å²) in [4.78, 5) is 33.7. The molecule has 1 aromatic heterocycles. The van der Waals surface area contributed by atoms with Crippen LogP contribution in [-0.4, -0.2) is 21.8 Å². The molecule has 5 rings (SSSR count). The number of hydrogen-bond acceptors (Lipinski definition) is 5. The van der Waals surface area contributed by atoms with Gasteiger partial charge in [0.2, 0.25) is 0 Å². The van der Waals surface area contributed by atoms with Gasteiger partial charge in [-0.2, -0.15) is 5.26 Å². The van der Waals surface area contributed by atoms with E-state index in [-0.39, 0.29) is 41.1 Å². The van der Waals surface area contributed by atoms with Crippen LogP contribution in [0.2, 0.25) is 0 Å². The van der Waals surface area contributed by atoms with Gasteiger partial charge in [0.1, 0.15) is 23.5 Å². The molecule has 2 amide bonds. The predicted molar refractivity (Wildman–Crippen MR) is 121 cm³/mol. The van der Waals surface area contributed by atoms with E-state index >= 15 is 0 Å². The van der Waals surface area contributed by atoms with Crippen LogP contribution in [0.4, 0.5) is 4.39 Å². The lowest BCUT2D eigenvalue weighted by Gasteiger charge is -2.21. The molecule has 1 atom stereocenters. The molecular formula is C26H22FN5O2. The number of halogens is 1. The van der Waals surface area contributed by atoms with Crippen molar-refractivity contribution in [3.63, 3.8) is 0 Å². The van der Waals surface area contributed by atoms with E-state index in [1.165, 1.54) is 18.5 Å². The van der Waals surface area contributed by atoms with Crippen LogP contribution in [0.5, 0.6) is 0 Å². The molecule has 170 valence electrons. The Kier molecular flexibility index (Phi) is 5.33. The first kappa shape index (κ1) is 21.7. The Morgan fingerprint density at radius 3 is 2.59 bits per heavy atom. The largest absolute Gasteiger partial charge is 0.347 e. The molecule has 2 aliphatic carbocycles. The van der Waals surface area contributed by atoms with Gasteiger partial charge in [-0.05, 0) is 72.1 Å². The molecule has 2 aliphatic rings. The molecule has 0 radical (unpaired) electrons. The Morgan fingerprint density at radius 2 is 1.88 bits per heavy atom. The van der Waals surface area contributed by atoms with Crippen molar-refractivity contribution in [1.82, 2.24) is 20.6 Å². The standard InChI is InChI=1S/C26H22FN5O2/c1-15-8-17(3-5-20(15)27)13-29-24(33)21-10-22(31-14-30-21)25(34)32-23-19-4-2-16(12-28)9-18(19)11-26(23)6-7-26/h2-5,8-10,14,23H,6-7,11,13H2,1H3,(H,29,33)(H,32,34)/t23-/m1/s1. The maximum absolute atomic E-state index is 13.4. The highest BCUT2D eigenvalue weighted by Gasteiger charge is 2.55. The van der Waals surface area contributed by atoms with E-state index in [0.29, 0.717) is 11.1 Å². The fraction of sp³-hybridized carbons (Fsp3) is 0.269. The van der Waals surface area contributed by atoms with E-state index in [9.17, 15) is 19.2 Å². The second kappa shape index (κ2) is 8.34. The summed E-state index contributed by atoms with van der Waals surface area (Å²) >= 11 is 0. The molecule has 8 heteroatoms. The fourth-order valence-corrected chi connectivity index (χ4v) is 4.68. The molecule has 1 spiro atoms. The van der Waals surface area contributed by atoms with Crippen LogP contribution in [-0.2, 0) is 13.0 Å². The van der Waals surface area contributed by atoms with E-state index in [1.54, 1.807) is 25.1 Å². The van der Waals surface area contributed by atoms with Gasteiger partial charge in [-0.25, -0.2) is 14.4 Å². The first-order valence-corrected chi connectivity index (χ1v) is 11.1. The normalized spacial score (nSPS) is 17.0. The number of nitrogens with one attached hydrogen (secondary N) is 2. The van der Waals surface area contributed by atoms with E-state index in [0.717, 1.165) is 36.0 Å². The van der Waals surface area contributed by atoms with Crippen LogP contribution in [0, 0.1) is 29.5 Å². The van der Waals surface area contributed by atoms with Gasteiger partial charge in [-0.3, -0.25) is 9.59 Å². The Balaban J connectivity index is 1.29. The summed E-state index contributed by atoms with van der Waals surface area (Å²) in [5.74, 6) is -1.13. The van der Waals surface area contributed by atoms with Gasteiger partial charge in [0.05, 0.1) is 17.7 Å². The molecule has 0 unspecified atom stereocenters. The van der Waals surface area contributed by atoms with Crippen LogP contribution in [0.15, 0.2) is 48.8 Å². The first-order chi connectivity index (χ1) is 16.4. The number of benzene rings is 2. The first-order valence-electron chi connectivity index (χ1n) is 11.1. The summed E-state index contributed by atoms with van der Waals surface area (Å²) in [6.45, 7) is 1.87. The van der Waals surface area contributed by atoms with Crippen LogP contribution in [0.1, 0.15) is 67.7 Å². The number of fused-ring (bicyclic) bond motifs is 1. The summed E-state index contributed by atoms with van der Waals surface area (Å²) in [5.41, 5.74) is 4.18. The van der Waals surface area contributed by atoms with Crippen molar-refractivity contribution in [1.29, 1.82) is 5.26 Å². The summed E-state index contributed by atoms with van der Waals surface area (Å²) in [6, 6.07) is 13.6. The smallest absolute Gasteiger partial charge is 0.270 e. The Bertz CT molecular complexity index is 1360. The monoisotopic (exact) mass is 455 g/mol. The quantitative estimate of drug-likeness (QED) is 0.612. The van der Waals surface area contributed by atoms with Crippen molar-refractivity contribution < 1.29 is 14.0 Å². The zero-order chi connectivity index (χ0) is 23.9. The third-order valence-corrected chi connectivity index (χ3v) is 6.71. The number of nitriles is 1. The minimum Gasteiger partial charge on any atom is -0.347 e. The van der Waals surface area contributed by atoms with Crippen LogP contribution in [0.25, 0.3) is 0 Å². The highest BCUT2D eigenvalue weighted by molar-refractivity contribution is 5.97. The molecule has 34 heavy (non-hydrogen) atoms. The average Bonchev–Trinajstić information content (AvgIpc) is 3.56. The molecule has 0 bridgehead atoms. The number of nitrogens with zero attached hydrogens (tertiary/aromatic N) is 3. The van der Waals surface area contributed by atoms with Gasteiger partial charge < -0.3 is 10.6 Å². The van der Waals surface area contributed by atoms with Crippen LogP contribution in [0.3, 0.4) is 0 Å². The minimum atomic E-state index is -0.452. The molecule has 2 N–H and O–H groups in total. The number of aromatic nitrogens is 2. The van der Waals surface area contributed by atoms with Gasteiger partial charge >= 0.3 is 0 Å². The lowest BCUT2D eigenvalue weighted by atomic mass is 9.97. The maximum Gasteiger partial charge on any atom is 0.270 e. The van der Waals surface area contributed by atoms with Gasteiger partial charge in [0.25, 0.3) is 11.8 Å². The molecule has 0 aliphatic heterocycles. The Hall–Kier alpha value is -4.12. The fourth-order valence-electron chi connectivity index (χ4n) is 4.68. The minimum absolute atomic E-state index is 0.00734. The molecular weight excluding hydrogens is 433 g/mol. The van der Waals surface area contributed by atoms with Crippen molar-refractivity contribution in [3.8, 4) is 6.07 Å². The number of amides is 2. The van der Waals surface area contributed by atoms with E-state index < -0.39 is 5.91 Å². The van der Waals surface area contributed by atoms with Crippen molar-refractivity contribution >= 4 is 11.8 Å². The van der Waals surface area contributed by atoms with Crippen LogP contribution < -0.4 is 10.6 Å². The Morgan fingerprint density at radius 1 is 1.12 bits per heavy atom. The zero-order valence-electron chi connectivity index (χ0n) is 18.6. The molecule has 3 aromatic rings. The lowest BCUT2D eigenvalue weighted by Crippen LogP contribution is -2.33. The van der Waals surface area contributed by atoms with E-state index in [4.69, 9.17) is 0 Å². The molecule has 7 nitrogen and oxygen atoms in total. The molecule has 1 fully saturated rings. The van der Waals surface area contributed by atoms with E-state index in [2.05, 4.69) is 26.7 Å². The number of rotatable bonds is 5. The van der Waals surface area contributed by atoms with Crippen molar-refractivity contribution in [2.24, 2.45) is 5.41 Å². The zero-order valence-corrected chi connectivity index (χ0v) is 18.6. The summed E-state index contributed by atoms with van der Waals surface area (Å²) in [6.07, 6.45) is 4.05. The maximum atomic E-state index is 13.4. The highest BCUT2D eigenvalue weighted by atomic mass is 19.1. The topological polar surface area (TPSA) is 108 Å². The molecule has 1 saturated carbocycles. The van der Waals surface area contributed by atoms with E-state index in [1.807, 2.05) is 12.1 Å². The summed E-state index contributed by atoms with van der Waals surface area (Å²) in [7, 11) is 0. The third-order valence-electron chi connectivity index (χ3n) is 6.71. The lowest BCUT2D eigenvalue weighted by molar-refractivity contribution is 0.0915. The summed E-state index contributed by atoms with van der Waals surface area (Å²) < 4.78 is 13.4. The average molecular weight is 455 g/mol. The number of carbonyl (C=O) groups excluding carboxylic acids is 2. The van der Waals surface area contributed by atoms with Gasteiger partial charge in [0.15, 0.2) is 0 Å². The summed E-state index contributed by atoms with van der Waals surface area (Å²) in [5, 5.41) is 15.0. The second-order valence-electron chi connectivity index (χ2n) is 9.03. The van der Waals surface area contributed by atoms with Gasteiger partial charge in [-0.1, -0.05) is 18.2 Å². The number of carbonyl (C=O) groups is 2. The van der Waals surface area contributed by atoms with Crippen molar-refractivity contribution in [2.75, 3.05) is 0 Å². The van der Waals surface area contributed by atoms with Gasteiger partial charge in [-0.15, -0.1) is 0 Å². The molecule has 2 aromatic carbocycles. The van der Waals surface area contributed by atoms with Gasteiger partial charge in [0, 0.05) is 12.6 Å². The van der Waals surface area contributed by atoms with Crippen molar-refractivity contribution in [3.05, 3.63) is 93.8 Å². The second-order valence-corrected chi connectivity index (χ2v) is 9.03. The molecule has 0 saturated heterocycles. The number of hydrogen-bond donors (Lipinski definition) is 2. The third kappa shape index (κ3) is 4.01. The predicted octanol–water partition coefficient (Wildman–Crippen LogP) is 3.53. The molecule has 1 heterocycles. The SMILES string of the molecule is Cc1cc(CNC(=O)c2cc(C(=O)N[C@@H]3c4ccc(C#N)cc4CC34CC4)ncn2)ccc1F. The highest BCUT2D eigenvalue weighted by Crippen LogP contribution is 2.62. The number of aryl methyl sites for hydroxylation is 1. The van der Waals surface area contributed by atoms with Crippen LogP contribution >= 0.6 is 0 Å².